The maximum Gasteiger partial charge on any atom is 0.132 e. The van der Waals surface area contributed by atoms with E-state index in [1.165, 1.54) is 0 Å². The summed E-state index contributed by atoms with van der Waals surface area (Å²) in [5.74, 6) is 1.49. The standard InChI is InChI=1S/C14H20N4O/c1-17(2)9-10-6-5-7-11(14(10)19-4)12-8-13(15)18(3)16-12/h5-8H,9,15H2,1-4H3. The molecular formula is C14H20N4O. The van der Waals surface area contributed by atoms with Gasteiger partial charge in [0.05, 0.1) is 12.8 Å². The van der Waals surface area contributed by atoms with Gasteiger partial charge in [-0.1, -0.05) is 12.1 Å². The van der Waals surface area contributed by atoms with Gasteiger partial charge in [-0.25, -0.2) is 0 Å². The molecule has 0 aliphatic heterocycles. The molecular weight excluding hydrogens is 240 g/mol. The normalized spacial score (nSPS) is 11.0. The Kier molecular flexibility index (Phi) is 3.76. The number of rotatable bonds is 4. The first kappa shape index (κ1) is 13.4. The Labute approximate surface area is 113 Å². The number of nitrogen functional groups attached to an aromatic ring is 1. The minimum Gasteiger partial charge on any atom is -0.496 e. The summed E-state index contributed by atoms with van der Waals surface area (Å²) in [4.78, 5) is 2.11. The fourth-order valence-electron chi connectivity index (χ4n) is 2.11. The lowest BCUT2D eigenvalue weighted by Gasteiger charge is -2.15. The van der Waals surface area contributed by atoms with Crippen molar-refractivity contribution in [2.24, 2.45) is 7.05 Å². The molecule has 0 atom stereocenters. The number of para-hydroxylation sites is 1. The first-order valence-corrected chi connectivity index (χ1v) is 6.13. The molecule has 5 heteroatoms. The largest absolute Gasteiger partial charge is 0.496 e. The minimum absolute atomic E-state index is 0.634. The van der Waals surface area contributed by atoms with E-state index in [9.17, 15) is 0 Å². The van der Waals surface area contributed by atoms with Crippen LogP contribution in [0.3, 0.4) is 0 Å². The molecule has 0 spiro atoms. The van der Waals surface area contributed by atoms with Gasteiger partial charge < -0.3 is 15.4 Å². The highest BCUT2D eigenvalue weighted by Gasteiger charge is 2.14. The third kappa shape index (κ3) is 2.71. The Bertz CT molecular complexity index is 555. The first-order valence-electron chi connectivity index (χ1n) is 6.13. The number of nitrogens with two attached hydrogens (primary N) is 1. The molecule has 1 aromatic heterocycles. The molecule has 0 fully saturated rings. The Morgan fingerprint density at radius 1 is 1.37 bits per heavy atom. The zero-order chi connectivity index (χ0) is 14.0. The number of aryl methyl sites for hydroxylation is 1. The molecule has 0 saturated heterocycles. The number of aromatic nitrogens is 2. The number of benzene rings is 1. The van der Waals surface area contributed by atoms with Crippen molar-refractivity contribution in [3.63, 3.8) is 0 Å². The van der Waals surface area contributed by atoms with E-state index in [1.807, 2.05) is 39.3 Å². The topological polar surface area (TPSA) is 56.3 Å². The lowest BCUT2D eigenvalue weighted by Crippen LogP contribution is -2.11. The second-order valence-corrected chi connectivity index (χ2v) is 4.81. The molecule has 102 valence electrons. The van der Waals surface area contributed by atoms with Crippen molar-refractivity contribution in [1.29, 1.82) is 0 Å². The van der Waals surface area contributed by atoms with Gasteiger partial charge in [-0.3, -0.25) is 4.68 Å². The van der Waals surface area contributed by atoms with Crippen molar-refractivity contribution in [1.82, 2.24) is 14.7 Å². The van der Waals surface area contributed by atoms with Gasteiger partial charge in [-0.15, -0.1) is 0 Å². The summed E-state index contributed by atoms with van der Waals surface area (Å²) in [5, 5.41) is 4.41. The van der Waals surface area contributed by atoms with Crippen LogP contribution in [0.1, 0.15) is 5.56 Å². The summed E-state index contributed by atoms with van der Waals surface area (Å²) in [6, 6.07) is 7.94. The van der Waals surface area contributed by atoms with Crippen LogP contribution in [0.2, 0.25) is 0 Å². The molecule has 0 amide bonds. The van der Waals surface area contributed by atoms with E-state index in [0.717, 1.165) is 29.1 Å². The Balaban J connectivity index is 2.50. The Morgan fingerprint density at radius 2 is 2.11 bits per heavy atom. The van der Waals surface area contributed by atoms with E-state index in [0.29, 0.717) is 5.82 Å². The summed E-state index contributed by atoms with van der Waals surface area (Å²) in [6.45, 7) is 0.819. The lowest BCUT2D eigenvalue weighted by molar-refractivity contribution is 0.372. The van der Waals surface area contributed by atoms with Crippen LogP contribution in [-0.2, 0) is 13.6 Å². The summed E-state index contributed by atoms with van der Waals surface area (Å²) < 4.78 is 7.22. The van der Waals surface area contributed by atoms with Crippen LogP contribution >= 0.6 is 0 Å². The van der Waals surface area contributed by atoms with Gasteiger partial charge in [0.1, 0.15) is 11.6 Å². The molecule has 0 radical (unpaired) electrons. The first-order chi connectivity index (χ1) is 9.02. The second-order valence-electron chi connectivity index (χ2n) is 4.81. The van der Waals surface area contributed by atoms with Crippen molar-refractivity contribution < 1.29 is 4.74 Å². The molecule has 5 nitrogen and oxygen atoms in total. The Morgan fingerprint density at radius 3 is 2.63 bits per heavy atom. The van der Waals surface area contributed by atoms with Crippen molar-refractivity contribution in [2.75, 3.05) is 26.9 Å². The van der Waals surface area contributed by atoms with Gasteiger partial charge in [0.2, 0.25) is 0 Å². The average molecular weight is 260 g/mol. The molecule has 19 heavy (non-hydrogen) atoms. The van der Waals surface area contributed by atoms with Crippen molar-refractivity contribution in [3.05, 3.63) is 29.8 Å². The van der Waals surface area contributed by atoms with Crippen LogP contribution in [0.15, 0.2) is 24.3 Å². The molecule has 1 aromatic carbocycles. The maximum atomic E-state index is 5.84. The SMILES string of the molecule is COc1c(CN(C)C)cccc1-c1cc(N)n(C)n1. The fraction of sp³-hybridized carbons (Fsp3) is 0.357. The monoisotopic (exact) mass is 260 g/mol. The predicted octanol–water partition coefficient (Wildman–Crippen LogP) is 1.74. The smallest absolute Gasteiger partial charge is 0.132 e. The summed E-state index contributed by atoms with van der Waals surface area (Å²) in [5.41, 5.74) is 8.77. The van der Waals surface area contributed by atoms with Crippen LogP contribution in [0.25, 0.3) is 11.3 Å². The number of hydrogen-bond acceptors (Lipinski definition) is 4. The van der Waals surface area contributed by atoms with Crippen LogP contribution in [0, 0.1) is 0 Å². The van der Waals surface area contributed by atoms with E-state index in [2.05, 4.69) is 16.1 Å². The van der Waals surface area contributed by atoms with Crippen LogP contribution in [-0.4, -0.2) is 35.9 Å². The number of anilines is 1. The van der Waals surface area contributed by atoms with Crippen LogP contribution in [0.4, 0.5) is 5.82 Å². The highest BCUT2D eigenvalue weighted by molar-refractivity contribution is 5.71. The molecule has 2 aromatic rings. The van der Waals surface area contributed by atoms with E-state index in [-0.39, 0.29) is 0 Å². The van der Waals surface area contributed by atoms with Gasteiger partial charge in [-0.05, 0) is 20.2 Å². The van der Waals surface area contributed by atoms with Crippen molar-refractivity contribution in [3.8, 4) is 17.0 Å². The fourth-order valence-corrected chi connectivity index (χ4v) is 2.11. The van der Waals surface area contributed by atoms with E-state index >= 15 is 0 Å². The minimum atomic E-state index is 0.634. The number of hydrogen-bond donors (Lipinski definition) is 1. The van der Waals surface area contributed by atoms with Crippen LogP contribution < -0.4 is 10.5 Å². The van der Waals surface area contributed by atoms with Gasteiger partial charge in [-0.2, -0.15) is 5.10 Å². The molecule has 0 aliphatic carbocycles. The maximum absolute atomic E-state index is 5.84. The van der Waals surface area contributed by atoms with Crippen molar-refractivity contribution >= 4 is 5.82 Å². The van der Waals surface area contributed by atoms with E-state index in [4.69, 9.17) is 10.5 Å². The van der Waals surface area contributed by atoms with Gasteiger partial charge in [0, 0.05) is 30.8 Å². The molecule has 0 bridgehead atoms. The zero-order valence-corrected chi connectivity index (χ0v) is 11.8. The van der Waals surface area contributed by atoms with Crippen molar-refractivity contribution in [2.45, 2.75) is 6.54 Å². The average Bonchev–Trinajstić information content (AvgIpc) is 2.68. The Hall–Kier alpha value is -2.01. The number of methoxy groups -OCH3 is 1. The second kappa shape index (κ2) is 5.32. The highest BCUT2D eigenvalue weighted by Crippen LogP contribution is 2.33. The summed E-state index contributed by atoms with van der Waals surface area (Å²) in [6.07, 6.45) is 0. The highest BCUT2D eigenvalue weighted by atomic mass is 16.5. The van der Waals surface area contributed by atoms with E-state index < -0.39 is 0 Å². The van der Waals surface area contributed by atoms with Gasteiger partial charge in [0.15, 0.2) is 0 Å². The molecule has 0 saturated carbocycles. The molecule has 0 unspecified atom stereocenters. The van der Waals surface area contributed by atoms with E-state index in [1.54, 1.807) is 11.8 Å². The molecule has 2 rings (SSSR count). The van der Waals surface area contributed by atoms with Gasteiger partial charge in [0.25, 0.3) is 0 Å². The summed E-state index contributed by atoms with van der Waals surface area (Å²) >= 11 is 0. The predicted molar refractivity (Wildman–Crippen MR) is 77.0 cm³/mol. The summed E-state index contributed by atoms with van der Waals surface area (Å²) in [7, 11) is 7.58. The molecule has 0 aliphatic rings. The molecule has 2 N–H and O–H groups in total. The third-order valence-corrected chi connectivity index (χ3v) is 2.98. The quantitative estimate of drug-likeness (QED) is 0.909. The van der Waals surface area contributed by atoms with Crippen LogP contribution in [0.5, 0.6) is 5.75 Å². The zero-order valence-electron chi connectivity index (χ0n) is 11.8. The lowest BCUT2D eigenvalue weighted by atomic mass is 10.1. The third-order valence-electron chi connectivity index (χ3n) is 2.98. The van der Waals surface area contributed by atoms with Gasteiger partial charge >= 0.3 is 0 Å². The number of ether oxygens (including phenoxy) is 1. The number of nitrogens with zero attached hydrogens (tertiary/aromatic N) is 3. The molecule has 1 heterocycles.